The lowest BCUT2D eigenvalue weighted by Gasteiger charge is -2.18. The van der Waals surface area contributed by atoms with Crippen LogP contribution in [0.4, 0.5) is 0 Å². The summed E-state index contributed by atoms with van der Waals surface area (Å²) < 4.78 is 0. The van der Waals surface area contributed by atoms with Gasteiger partial charge in [-0.2, -0.15) is 0 Å². The van der Waals surface area contributed by atoms with E-state index >= 15 is 0 Å². The van der Waals surface area contributed by atoms with Crippen LogP contribution in [-0.4, -0.2) is 13.1 Å². The Bertz CT molecular complexity index is 743. The van der Waals surface area contributed by atoms with E-state index in [2.05, 4.69) is 92.0 Å². The molecule has 3 aromatic carbocycles. The lowest BCUT2D eigenvalue weighted by molar-refractivity contribution is 0.575. The SMILES string of the molecule is CC(CNCC(C)c1cccc2ccccc12)c1ccccc1. The number of nitrogens with one attached hydrogen (secondary N) is 1. The predicted octanol–water partition coefficient (Wildman–Crippen LogP) is 5.34. The maximum absolute atomic E-state index is 3.65. The van der Waals surface area contributed by atoms with Gasteiger partial charge in [0.15, 0.2) is 0 Å². The number of rotatable bonds is 6. The minimum absolute atomic E-state index is 0.504. The van der Waals surface area contributed by atoms with Crippen LogP contribution in [0.1, 0.15) is 36.8 Å². The van der Waals surface area contributed by atoms with Gasteiger partial charge in [0.2, 0.25) is 0 Å². The lowest BCUT2D eigenvalue weighted by Crippen LogP contribution is -2.24. The Kier molecular flexibility index (Phi) is 5.09. The van der Waals surface area contributed by atoms with Gasteiger partial charge in [-0.3, -0.25) is 0 Å². The summed E-state index contributed by atoms with van der Waals surface area (Å²) in [5.74, 6) is 1.04. The second-order valence-electron chi connectivity index (χ2n) is 6.44. The van der Waals surface area contributed by atoms with Gasteiger partial charge >= 0.3 is 0 Å². The molecule has 1 heteroatoms. The smallest absolute Gasteiger partial charge is 0.00179 e. The highest BCUT2D eigenvalue weighted by molar-refractivity contribution is 5.86. The largest absolute Gasteiger partial charge is 0.316 e. The molecule has 0 aliphatic carbocycles. The van der Waals surface area contributed by atoms with Crippen molar-refractivity contribution in [2.75, 3.05) is 13.1 Å². The molecule has 2 unspecified atom stereocenters. The van der Waals surface area contributed by atoms with Crippen molar-refractivity contribution in [2.24, 2.45) is 0 Å². The van der Waals surface area contributed by atoms with E-state index in [1.807, 2.05) is 0 Å². The van der Waals surface area contributed by atoms with Gasteiger partial charge in [0, 0.05) is 13.1 Å². The van der Waals surface area contributed by atoms with E-state index in [1.54, 1.807) is 0 Å². The molecule has 23 heavy (non-hydrogen) atoms. The van der Waals surface area contributed by atoms with Gasteiger partial charge in [-0.15, -0.1) is 0 Å². The molecule has 0 radical (unpaired) electrons. The summed E-state index contributed by atoms with van der Waals surface area (Å²) in [4.78, 5) is 0. The molecule has 3 aromatic rings. The Morgan fingerprint density at radius 2 is 1.35 bits per heavy atom. The van der Waals surface area contributed by atoms with Gasteiger partial charge in [0.05, 0.1) is 0 Å². The van der Waals surface area contributed by atoms with Gasteiger partial charge in [-0.05, 0) is 33.7 Å². The van der Waals surface area contributed by atoms with Gasteiger partial charge in [0.1, 0.15) is 0 Å². The Labute approximate surface area is 139 Å². The molecular weight excluding hydrogens is 278 g/mol. The summed E-state index contributed by atoms with van der Waals surface area (Å²) in [6.07, 6.45) is 0. The molecule has 0 aliphatic rings. The minimum Gasteiger partial charge on any atom is -0.316 e. The summed E-state index contributed by atoms with van der Waals surface area (Å²) in [5.41, 5.74) is 2.83. The van der Waals surface area contributed by atoms with Gasteiger partial charge in [-0.1, -0.05) is 86.6 Å². The second-order valence-corrected chi connectivity index (χ2v) is 6.44. The summed E-state index contributed by atoms with van der Waals surface area (Å²) in [7, 11) is 0. The molecule has 0 aliphatic heterocycles. The van der Waals surface area contributed by atoms with Gasteiger partial charge < -0.3 is 5.32 Å². The highest BCUT2D eigenvalue weighted by atomic mass is 14.9. The third-order valence-electron chi connectivity index (χ3n) is 4.62. The Morgan fingerprint density at radius 3 is 2.17 bits per heavy atom. The standard InChI is InChI=1S/C22H25N/c1-17(19-9-4-3-5-10-19)15-23-16-18(2)21-14-8-12-20-11-6-7-13-22(20)21/h3-14,17-18,23H,15-16H2,1-2H3. The first-order chi connectivity index (χ1) is 11.3. The molecule has 1 nitrogen and oxygen atoms in total. The van der Waals surface area contributed by atoms with E-state index in [0.29, 0.717) is 11.8 Å². The lowest BCUT2D eigenvalue weighted by atomic mass is 9.94. The van der Waals surface area contributed by atoms with Crippen LogP contribution in [-0.2, 0) is 0 Å². The average Bonchev–Trinajstić information content (AvgIpc) is 2.61. The fraction of sp³-hybridized carbons (Fsp3) is 0.273. The maximum atomic E-state index is 3.65. The highest BCUT2D eigenvalue weighted by Crippen LogP contribution is 2.25. The molecule has 0 aromatic heterocycles. The zero-order valence-electron chi connectivity index (χ0n) is 14.0. The normalized spacial score (nSPS) is 13.8. The fourth-order valence-electron chi connectivity index (χ4n) is 3.21. The first-order valence-corrected chi connectivity index (χ1v) is 8.49. The Morgan fingerprint density at radius 1 is 0.696 bits per heavy atom. The molecule has 1 N–H and O–H groups in total. The van der Waals surface area contributed by atoms with Crippen LogP contribution >= 0.6 is 0 Å². The van der Waals surface area contributed by atoms with Crippen LogP contribution in [0.25, 0.3) is 10.8 Å². The fourth-order valence-corrected chi connectivity index (χ4v) is 3.21. The van der Waals surface area contributed by atoms with Crippen molar-refractivity contribution in [3.05, 3.63) is 83.9 Å². The summed E-state index contributed by atoms with van der Waals surface area (Å²) in [6, 6.07) is 26.0. The van der Waals surface area contributed by atoms with Crippen molar-refractivity contribution in [3.63, 3.8) is 0 Å². The number of hydrogen-bond donors (Lipinski definition) is 1. The molecule has 0 bridgehead atoms. The van der Waals surface area contributed by atoms with Crippen LogP contribution in [0.15, 0.2) is 72.8 Å². The van der Waals surface area contributed by atoms with Crippen LogP contribution in [0.2, 0.25) is 0 Å². The van der Waals surface area contributed by atoms with Crippen LogP contribution in [0, 0.1) is 0 Å². The summed E-state index contributed by atoms with van der Waals surface area (Å²) >= 11 is 0. The molecular formula is C22H25N. The highest BCUT2D eigenvalue weighted by Gasteiger charge is 2.10. The van der Waals surface area contributed by atoms with E-state index in [4.69, 9.17) is 0 Å². The third kappa shape index (κ3) is 3.80. The van der Waals surface area contributed by atoms with E-state index in [0.717, 1.165) is 13.1 Å². The van der Waals surface area contributed by atoms with Crippen molar-refractivity contribution in [2.45, 2.75) is 25.7 Å². The topological polar surface area (TPSA) is 12.0 Å². The quantitative estimate of drug-likeness (QED) is 0.648. The summed E-state index contributed by atoms with van der Waals surface area (Å²) in [6.45, 7) is 6.61. The first kappa shape index (κ1) is 15.8. The molecule has 0 amide bonds. The van der Waals surface area contributed by atoms with Gasteiger partial charge in [-0.25, -0.2) is 0 Å². The van der Waals surface area contributed by atoms with E-state index in [9.17, 15) is 0 Å². The molecule has 0 spiro atoms. The Balaban J connectivity index is 1.62. The zero-order chi connectivity index (χ0) is 16.1. The van der Waals surface area contributed by atoms with Crippen molar-refractivity contribution in [1.29, 1.82) is 0 Å². The minimum atomic E-state index is 0.504. The molecule has 3 rings (SSSR count). The molecule has 0 fully saturated rings. The van der Waals surface area contributed by atoms with Gasteiger partial charge in [0.25, 0.3) is 0 Å². The number of hydrogen-bond acceptors (Lipinski definition) is 1. The van der Waals surface area contributed by atoms with Crippen molar-refractivity contribution < 1.29 is 0 Å². The number of fused-ring (bicyclic) bond motifs is 1. The Hall–Kier alpha value is -2.12. The van der Waals surface area contributed by atoms with Crippen LogP contribution in [0.3, 0.4) is 0 Å². The van der Waals surface area contributed by atoms with E-state index in [-0.39, 0.29) is 0 Å². The van der Waals surface area contributed by atoms with Crippen molar-refractivity contribution in [3.8, 4) is 0 Å². The molecule has 0 heterocycles. The molecule has 0 saturated heterocycles. The monoisotopic (exact) mass is 303 g/mol. The van der Waals surface area contributed by atoms with E-state index < -0.39 is 0 Å². The van der Waals surface area contributed by atoms with Crippen molar-refractivity contribution in [1.82, 2.24) is 5.32 Å². The predicted molar refractivity (Wildman–Crippen MR) is 100 cm³/mol. The zero-order valence-corrected chi connectivity index (χ0v) is 14.0. The summed E-state index contributed by atoms with van der Waals surface area (Å²) in [5, 5.41) is 6.35. The van der Waals surface area contributed by atoms with E-state index in [1.165, 1.54) is 21.9 Å². The molecule has 0 saturated carbocycles. The van der Waals surface area contributed by atoms with Crippen molar-refractivity contribution >= 4 is 10.8 Å². The number of benzene rings is 3. The first-order valence-electron chi connectivity index (χ1n) is 8.49. The second kappa shape index (κ2) is 7.43. The maximum Gasteiger partial charge on any atom is 0.00179 e. The molecule has 2 atom stereocenters. The van der Waals surface area contributed by atoms with Crippen LogP contribution < -0.4 is 5.32 Å². The third-order valence-corrected chi connectivity index (χ3v) is 4.62. The van der Waals surface area contributed by atoms with Crippen LogP contribution in [0.5, 0.6) is 0 Å². The molecule has 118 valence electrons. The average molecular weight is 303 g/mol.